The van der Waals surface area contributed by atoms with E-state index in [4.69, 9.17) is 11.6 Å². The lowest BCUT2D eigenvalue weighted by atomic mass is 9.87. The number of amides is 1. The van der Waals surface area contributed by atoms with Crippen LogP contribution in [0.25, 0.3) is 0 Å². The van der Waals surface area contributed by atoms with Gasteiger partial charge >= 0.3 is 0 Å². The number of nitrogens with zero attached hydrogens (tertiary/aromatic N) is 3. The Bertz CT molecular complexity index is 1330. The zero-order valence-corrected chi connectivity index (χ0v) is 21.8. The third-order valence-corrected chi connectivity index (χ3v) is 8.48. The van der Waals surface area contributed by atoms with Gasteiger partial charge in [0.1, 0.15) is 0 Å². The molecule has 1 amide bonds. The van der Waals surface area contributed by atoms with Crippen molar-refractivity contribution in [2.75, 3.05) is 23.8 Å². The smallest absolute Gasteiger partial charge is 0.251 e. The number of nitrogens with one attached hydrogen (secondary N) is 1. The first kappa shape index (κ1) is 26.1. The van der Waals surface area contributed by atoms with E-state index < -0.39 is 15.9 Å². The lowest BCUT2D eigenvalue weighted by Gasteiger charge is -2.34. The Kier molecular flexibility index (Phi) is 7.92. The number of halogens is 1. The number of sulfone groups is 1. The fourth-order valence-electron chi connectivity index (χ4n) is 4.44. The van der Waals surface area contributed by atoms with Crippen molar-refractivity contribution in [3.05, 3.63) is 82.1 Å². The van der Waals surface area contributed by atoms with Gasteiger partial charge in [-0.3, -0.25) is 4.79 Å². The molecular weight excluding hydrogens is 500 g/mol. The number of fused-ring (bicyclic) bond motifs is 1. The number of benzene rings is 2. The number of aliphatic hydroxyl groups is 1. The fraction of sp³-hybridized carbons (Fsp3) is 0.346. The van der Waals surface area contributed by atoms with E-state index in [1.165, 1.54) is 17.7 Å². The van der Waals surface area contributed by atoms with E-state index >= 15 is 0 Å². The standard InChI is InChI=1S/C26H29ClN4O4S/c1-3-17-14-31(26-28-12-21(27)13-29-26)15-20-11-19(7-10-23(17)20)25(33)30-24(16-32)18-5-8-22(9-6-18)36(34,35)4-2/h5-13,17,24,32H,3-4,14-16H2,1-2H3,(H,30,33)/t17-,24?/m1/s1. The van der Waals surface area contributed by atoms with Gasteiger partial charge in [0.05, 0.1) is 40.7 Å². The third kappa shape index (κ3) is 5.53. The molecule has 2 aromatic carbocycles. The topological polar surface area (TPSA) is 112 Å². The summed E-state index contributed by atoms with van der Waals surface area (Å²) in [5.41, 5.74) is 3.32. The number of carbonyl (C=O) groups is 1. The van der Waals surface area contributed by atoms with Crippen molar-refractivity contribution in [1.82, 2.24) is 15.3 Å². The van der Waals surface area contributed by atoms with E-state index in [-0.39, 0.29) is 29.1 Å². The van der Waals surface area contributed by atoms with E-state index in [9.17, 15) is 18.3 Å². The highest BCUT2D eigenvalue weighted by Crippen LogP contribution is 2.33. The minimum absolute atomic E-state index is 0.00526. The van der Waals surface area contributed by atoms with Gasteiger partial charge < -0.3 is 15.3 Å². The second kappa shape index (κ2) is 10.9. The van der Waals surface area contributed by atoms with Gasteiger partial charge in [-0.05, 0) is 47.4 Å². The van der Waals surface area contributed by atoms with Crippen molar-refractivity contribution in [1.29, 1.82) is 0 Å². The average Bonchev–Trinajstić information content (AvgIpc) is 2.91. The molecule has 0 saturated heterocycles. The van der Waals surface area contributed by atoms with Crippen molar-refractivity contribution in [2.45, 2.75) is 43.7 Å². The minimum Gasteiger partial charge on any atom is -0.394 e. The van der Waals surface area contributed by atoms with Crippen LogP contribution in [0.5, 0.6) is 0 Å². The molecule has 0 saturated carbocycles. The van der Waals surface area contributed by atoms with E-state index in [0.717, 1.165) is 18.5 Å². The monoisotopic (exact) mass is 528 g/mol. The minimum atomic E-state index is -3.33. The molecule has 0 radical (unpaired) electrons. The molecule has 10 heteroatoms. The van der Waals surface area contributed by atoms with Crippen molar-refractivity contribution >= 4 is 33.3 Å². The van der Waals surface area contributed by atoms with E-state index in [1.807, 2.05) is 12.1 Å². The summed E-state index contributed by atoms with van der Waals surface area (Å²) in [7, 11) is -3.33. The molecule has 0 fully saturated rings. The van der Waals surface area contributed by atoms with E-state index in [0.29, 0.717) is 28.6 Å². The third-order valence-electron chi connectivity index (χ3n) is 6.54. The van der Waals surface area contributed by atoms with Crippen molar-refractivity contribution in [3.63, 3.8) is 0 Å². The Labute approximate surface area is 216 Å². The molecule has 8 nitrogen and oxygen atoms in total. The van der Waals surface area contributed by atoms with Crippen LogP contribution in [-0.4, -0.2) is 48.3 Å². The highest BCUT2D eigenvalue weighted by molar-refractivity contribution is 7.91. The van der Waals surface area contributed by atoms with Gasteiger partial charge in [-0.1, -0.05) is 43.6 Å². The number of rotatable bonds is 8. The number of anilines is 1. The molecule has 2 heterocycles. The van der Waals surface area contributed by atoms with Crippen molar-refractivity contribution in [3.8, 4) is 0 Å². The highest BCUT2D eigenvalue weighted by Gasteiger charge is 2.27. The number of aromatic nitrogens is 2. The van der Waals surface area contributed by atoms with Crippen LogP contribution in [0.15, 0.2) is 59.8 Å². The van der Waals surface area contributed by atoms with Crippen LogP contribution in [0.2, 0.25) is 5.02 Å². The molecule has 3 aromatic rings. The summed E-state index contributed by atoms with van der Waals surface area (Å²) >= 11 is 5.94. The van der Waals surface area contributed by atoms with Crippen LogP contribution >= 0.6 is 11.6 Å². The average molecular weight is 529 g/mol. The maximum atomic E-state index is 13.1. The lowest BCUT2D eigenvalue weighted by molar-refractivity contribution is 0.0916. The van der Waals surface area contributed by atoms with E-state index in [2.05, 4.69) is 27.1 Å². The molecule has 0 bridgehead atoms. The normalized spacial score (nSPS) is 16.3. The molecule has 4 rings (SSSR count). The Hall–Kier alpha value is -3.01. The van der Waals surface area contributed by atoms with Crippen LogP contribution < -0.4 is 10.2 Å². The fourth-order valence-corrected chi connectivity index (χ4v) is 5.42. The number of hydrogen-bond donors (Lipinski definition) is 2. The van der Waals surface area contributed by atoms with Crippen LogP contribution in [0.1, 0.15) is 59.3 Å². The summed E-state index contributed by atoms with van der Waals surface area (Å²) in [5.74, 6) is 0.543. The predicted molar refractivity (Wildman–Crippen MR) is 139 cm³/mol. The first-order valence-electron chi connectivity index (χ1n) is 11.9. The maximum Gasteiger partial charge on any atom is 0.251 e. The quantitative estimate of drug-likeness (QED) is 0.456. The Morgan fingerprint density at radius 3 is 2.47 bits per heavy atom. The number of aliphatic hydroxyl groups excluding tert-OH is 1. The lowest BCUT2D eigenvalue weighted by Crippen LogP contribution is -2.35. The molecule has 1 aromatic heterocycles. The van der Waals surface area contributed by atoms with Crippen LogP contribution in [-0.2, 0) is 16.4 Å². The first-order chi connectivity index (χ1) is 17.2. The van der Waals surface area contributed by atoms with E-state index in [1.54, 1.807) is 37.5 Å². The van der Waals surface area contributed by atoms with Crippen molar-refractivity contribution < 1.29 is 18.3 Å². The summed E-state index contributed by atoms with van der Waals surface area (Å²) in [6.45, 7) is 4.72. The summed E-state index contributed by atoms with van der Waals surface area (Å²) in [6.07, 6.45) is 4.08. The van der Waals surface area contributed by atoms with Gasteiger partial charge in [-0.15, -0.1) is 0 Å². The van der Waals surface area contributed by atoms with Crippen LogP contribution in [0.4, 0.5) is 5.95 Å². The molecule has 2 N–H and O–H groups in total. The molecule has 0 spiro atoms. The SMILES string of the molecule is CC[C@@H]1CN(c2ncc(Cl)cn2)Cc2cc(C(=O)NC(CO)c3ccc(S(=O)(=O)CC)cc3)ccc21. The highest BCUT2D eigenvalue weighted by atomic mass is 35.5. The molecule has 1 aliphatic heterocycles. The molecule has 0 aliphatic carbocycles. The molecule has 1 unspecified atom stereocenters. The largest absolute Gasteiger partial charge is 0.394 e. The van der Waals surface area contributed by atoms with Gasteiger partial charge in [0, 0.05) is 24.6 Å². The summed E-state index contributed by atoms with van der Waals surface area (Å²) in [6, 6.07) is 11.2. The second-order valence-corrected chi connectivity index (χ2v) is 11.5. The Morgan fingerprint density at radius 2 is 1.86 bits per heavy atom. The van der Waals surface area contributed by atoms with Crippen LogP contribution in [0.3, 0.4) is 0 Å². The van der Waals surface area contributed by atoms with Gasteiger partial charge in [0.25, 0.3) is 5.91 Å². The number of hydrogen-bond acceptors (Lipinski definition) is 7. The zero-order chi connectivity index (χ0) is 25.9. The van der Waals surface area contributed by atoms with Crippen LogP contribution in [0, 0.1) is 0 Å². The summed E-state index contributed by atoms with van der Waals surface area (Å²) < 4.78 is 24.1. The molecule has 2 atom stereocenters. The number of carbonyl (C=O) groups excluding carboxylic acids is 1. The maximum absolute atomic E-state index is 13.1. The molecule has 1 aliphatic rings. The predicted octanol–water partition coefficient (Wildman–Crippen LogP) is 3.90. The van der Waals surface area contributed by atoms with Gasteiger partial charge in [0.2, 0.25) is 5.95 Å². The van der Waals surface area contributed by atoms with Gasteiger partial charge in [-0.2, -0.15) is 0 Å². The Balaban J connectivity index is 1.54. The summed E-state index contributed by atoms with van der Waals surface area (Å²) in [4.78, 5) is 24.1. The summed E-state index contributed by atoms with van der Waals surface area (Å²) in [5, 5.41) is 13.3. The first-order valence-corrected chi connectivity index (χ1v) is 13.9. The molecule has 190 valence electrons. The molecule has 36 heavy (non-hydrogen) atoms. The van der Waals surface area contributed by atoms with Gasteiger partial charge in [-0.25, -0.2) is 18.4 Å². The zero-order valence-electron chi connectivity index (χ0n) is 20.2. The van der Waals surface area contributed by atoms with Gasteiger partial charge in [0.15, 0.2) is 9.84 Å². The Morgan fingerprint density at radius 1 is 1.17 bits per heavy atom. The second-order valence-electron chi connectivity index (χ2n) is 8.78. The molecular formula is C26H29ClN4O4S. The van der Waals surface area contributed by atoms with Crippen molar-refractivity contribution in [2.24, 2.45) is 0 Å².